The van der Waals surface area contributed by atoms with Crippen LogP contribution < -0.4 is 11.1 Å². The van der Waals surface area contributed by atoms with Gasteiger partial charge in [-0.1, -0.05) is 32.0 Å². The average molecular weight is 288 g/mol. The highest BCUT2D eigenvalue weighted by Crippen LogP contribution is 2.30. The first-order valence-electron chi connectivity index (χ1n) is 6.58. The molecule has 5 heteroatoms. The van der Waals surface area contributed by atoms with Gasteiger partial charge in [0.25, 0.3) is 0 Å². The monoisotopic (exact) mass is 288 g/mol. The fourth-order valence-electron chi connectivity index (χ4n) is 2.13. The Labute approximate surface area is 122 Å². The molecule has 2 aromatic carbocycles. The SMILES string of the molecule is CC(C)c1ccccc1Nc1cc(C(=O)O)c(N)cc1F. The van der Waals surface area contributed by atoms with E-state index in [0.29, 0.717) is 0 Å². The topological polar surface area (TPSA) is 75.3 Å². The second kappa shape index (κ2) is 5.83. The number of carboxylic acids is 1. The fourth-order valence-corrected chi connectivity index (χ4v) is 2.13. The van der Waals surface area contributed by atoms with E-state index in [1.807, 2.05) is 38.1 Å². The first kappa shape index (κ1) is 14.8. The molecule has 0 amide bonds. The first-order chi connectivity index (χ1) is 9.90. The lowest BCUT2D eigenvalue weighted by Gasteiger charge is -2.16. The molecule has 0 aliphatic heterocycles. The lowest BCUT2D eigenvalue weighted by atomic mass is 10.0. The van der Waals surface area contributed by atoms with Gasteiger partial charge in [-0.15, -0.1) is 0 Å². The Morgan fingerprint density at radius 3 is 2.52 bits per heavy atom. The molecule has 0 aliphatic carbocycles. The number of halogens is 1. The van der Waals surface area contributed by atoms with E-state index in [-0.39, 0.29) is 22.9 Å². The van der Waals surface area contributed by atoms with Gasteiger partial charge < -0.3 is 16.2 Å². The molecule has 2 rings (SSSR count). The summed E-state index contributed by atoms with van der Waals surface area (Å²) in [6.45, 7) is 4.06. The van der Waals surface area contributed by atoms with Gasteiger partial charge in [-0.25, -0.2) is 9.18 Å². The van der Waals surface area contributed by atoms with E-state index >= 15 is 0 Å². The van der Waals surface area contributed by atoms with Crippen molar-refractivity contribution < 1.29 is 14.3 Å². The largest absolute Gasteiger partial charge is 0.478 e. The molecule has 0 unspecified atom stereocenters. The van der Waals surface area contributed by atoms with Crippen LogP contribution in [0.5, 0.6) is 0 Å². The Balaban J connectivity index is 2.45. The van der Waals surface area contributed by atoms with Gasteiger partial charge in [0.2, 0.25) is 0 Å². The highest BCUT2D eigenvalue weighted by atomic mass is 19.1. The van der Waals surface area contributed by atoms with E-state index in [9.17, 15) is 9.18 Å². The molecule has 0 saturated carbocycles. The molecule has 0 fully saturated rings. The van der Waals surface area contributed by atoms with Crippen LogP contribution in [0.3, 0.4) is 0 Å². The van der Waals surface area contributed by atoms with Crippen LogP contribution in [-0.2, 0) is 0 Å². The molecule has 21 heavy (non-hydrogen) atoms. The van der Waals surface area contributed by atoms with Gasteiger partial charge in [0.15, 0.2) is 0 Å². The van der Waals surface area contributed by atoms with E-state index in [1.54, 1.807) is 0 Å². The summed E-state index contributed by atoms with van der Waals surface area (Å²) < 4.78 is 14.0. The van der Waals surface area contributed by atoms with Gasteiger partial charge >= 0.3 is 5.97 Å². The molecule has 2 aromatic rings. The third kappa shape index (κ3) is 3.13. The number of nitrogens with two attached hydrogens (primary N) is 1. The van der Waals surface area contributed by atoms with Gasteiger partial charge in [-0.3, -0.25) is 0 Å². The first-order valence-corrected chi connectivity index (χ1v) is 6.58. The standard InChI is InChI=1S/C16H17FN2O2/c1-9(2)10-5-3-4-6-14(10)19-15-7-11(16(20)21)13(18)8-12(15)17/h3-9,19H,18H2,1-2H3,(H,20,21). The lowest BCUT2D eigenvalue weighted by molar-refractivity contribution is 0.0698. The summed E-state index contributed by atoms with van der Waals surface area (Å²) in [6.07, 6.45) is 0. The van der Waals surface area contributed by atoms with Crippen molar-refractivity contribution in [3.8, 4) is 0 Å². The van der Waals surface area contributed by atoms with E-state index in [0.717, 1.165) is 17.3 Å². The summed E-state index contributed by atoms with van der Waals surface area (Å²) in [7, 11) is 0. The molecule has 0 bridgehead atoms. The molecule has 0 spiro atoms. The Hall–Kier alpha value is -2.56. The number of rotatable bonds is 4. The molecule has 0 atom stereocenters. The van der Waals surface area contributed by atoms with Crippen LogP contribution >= 0.6 is 0 Å². The molecular formula is C16H17FN2O2. The fraction of sp³-hybridized carbons (Fsp3) is 0.188. The Morgan fingerprint density at radius 2 is 1.90 bits per heavy atom. The van der Waals surface area contributed by atoms with Crippen molar-refractivity contribution in [2.75, 3.05) is 11.1 Å². The minimum absolute atomic E-state index is 0.0923. The number of hydrogen-bond donors (Lipinski definition) is 3. The van der Waals surface area contributed by atoms with Crippen molar-refractivity contribution in [1.29, 1.82) is 0 Å². The minimum atomic E-state index is -1.19. The molecule has 110 valence electrons. The predicted molar refractivity (Wildman–Crippen MR) is 81.6 cm³/mol. The minimum Gasteiger partial charge on any atom is -0.478 e. The smallest absolute Gasteiger partial charge is 0.337 e. The van der Waals surface area contributed by atoms with Crippen LogP contribution in [0, 0.1) is 5.82 Å². The molecule has 0 aromatic heterocycles. The Kier molecular flexibility index (Phi) is 4.12. The number of para-hydroxylation sites is 1. The van der Waals surface area contributed by atoms with Crippen molar-refractivity contribution in [3.05, 3.63) is 53.3 Å². The summed E-state index contributed by atoms with van der Waals surface area (Å²) in [4.78, 5) is 11.1. The van der Waals surface area contributed by atoms with Crippen LogP contribution in [0.4, 0.5) is 21.5 Å². The number of carboxylic acid groups (broad SMARTS) is 1. The van der Waals surface area contributed by atoms with Crippen molar-refractivity contribution in [2.24, 2.45) is 0 Å². The Bertz CT molecular complexity index is 684. The maximum atomic E-state index is 14.0. The van der Waals surface area contributed by atoms with Crippen LogP contribution in [0.15, 0.2) is 36.4 Å². The van der Waals surface area contributed by atoms with E-state index in [2.05, 4.69) is 5.32 Å². The Morgan fingerprint density at radius 1 is 1.24 bits per heavy atom. The van der Waals surface area contributed by atoms with E-state index in [1.165, 1.54) is 6.07 Å². The highest BCUT2D eigenvalue weighted by Gasteiger charge is 2.14. The second-order valence-electron chi connectivity index (χ2n) is 5.09. The number of nitrogens with one attached hydrogen (secondary N) is 1. The van der Waals surface area contributed by atoms with Gasteiger partial charge in [-0.05, 0) is 29.7 Å². The average Bonchev–Trinajstić information content (AvgIpc) is 2.41. The third-order valence-corrected chi connectivity index (χ3v) is 3.22. The number of carbonyl (C=O) groups is 1. The summed E-state index contributed by atoms with van der Waals surface area (Å²) in [5, 5.41) is 12.0. The third-order valence-electron chi connectivity index (χ3n) is 3.22. The van der Waals surface area contributed by atoms with Crippen molar-refractivity contribution in [2.45, 2.75) is 19.8 Å². The van der Waals surface area contributed by atoms with E-state index < -0.39 is 11.8 Å². The molecule has 4 nitrogen and oxygen atoms in total. The normalized spacial score (nSPS) is 10.7. The van der Waals surface area contributed by atoms with Crippen LogP contribution in [0.1, 0.15) is 35.7 Å². The van der Waals surface area contributed by atoms with Crippen LogP contribution in [0.25, 0.3) is 0 Å². The predicted octanol–water partition coefficient (Wildman–Crippen LogP) is 3.97. The summed E-state index contributed by atoms with van der Waals surface area (Å²) in [5.74, 6) is -1.52. The number of aromatic carboxylic acids is 1. The zero-order chi connectivity index (χ0) is 15.6. The quantitative estimate of drug-likeness (QED) is 0.744. The van der Waals surface area contributed by atoms with E-state index in [4.69, 9.17) is 10.8 Å². The zero-order valence-corrected chi connectivity index (χ0v) is 11.9. The molecule has 0 heterocycles. The number of benzene rings is 2. The number of nitrogen functional groups attached to an aromatic ring is 1. The molecule has 0 aliphatic rings. The summed E-state index contributed by atoms with van der Waals surface area (Å²) in [5.41, 5.74) is 7.15. The van der Waals surface area contributed by atoms with Gasteiger partial charge in [0.1, 0.15) is 5.82 Å². The summed E-state index contributed by atoms with van der Waals surface area (Å²) >= 11 is 0. The van der Waals surface area contributed by atoms with Gasteiger partial charge in [-0.2, -0.15) is 0 Å². The van der Waals surface area contributed by atoms with Crippen molar-refractivity contribution in [1.82, 2.24) is 0 Å². The molecular weight excluding hydrogens is 271 g/mol. The second-order valence-corrected chi connectivity index (χ2v) is 5.09. The van der Waals surface area contributed by atoms with Crippen molar-refractivity contribution >= 4 is 23.0 Å². The molecule has 4 N–H and O–H groups in total. The lowest BCUT2D eigenvalue weighted by Crippen LogP contribution is -2.06. The molecule has 0 saturated heterocycles. The maximum Gasteiger partial charge on any atom is 0.337 e. The number of hydrogen-bond acceptors (Lipinski definition) is 3. The zero-order valence-electron chi connectivity index (χ0n) is 11.9. The van der Waals surface area contributed by atoms with Crippen LogP contribution in [0.2, 0.25) is 0 Å². The molecule has 0 radical (unpaired) electrons. The van der Waals surface area contributed by atoms with Crippen LogP contribution in [-0.4, -0.2) is 11.1 Å². The number of anilines is 3. The van der Waals surface area contributed by atoms with Gasteiger partial charge in [0, 0.05) is 11.4 Å². The van der Waals surface area contributed by atoms with Gasteiger partial charge in [0.05, 0.1) is 11.3 Å². The van der Waals surface area contributed by atoms with Crippen molar-refractivity contribution in [3.63, 3.8) is 0 Å². The maximum absolute atomic E-state index is 14.0. The highest BCUT2D eigenvalue weighted by molar-refractivity contribution is 5.95. The summed E-state index contributed by atoms with van der Waals surface area (Å²) in [6, 6.07) is 9.74.